The van der Waals surface area contributed by atoms with Gasteiger partial charge in [-0.25, -0.2) is 4.98 Å². The molecule has 0 radical (unpaired) electrons. The largest absolute Gasteiger partial charge is 0.481 e. The molecule has 0 saturated heterocycles. The highest BCUT2D eigenvalue weighted by molar-refractivity contribution is 7.22. The molecule has 3 aromatic carbocycles. The lowest BCUT2D eigenvalue weighted by atomic mass is 9.93. The number of hydrogen-bond donors (Lipinski definition) is 1. The minimum absolute atomic E-state index is 0.0670. The monoisotopic (exact) mass is 538 g/mol. The number of pyridine rings is 1. The van der Waals surface area contributed by atoms with Crippen molar-refractivity contribution in [2.75, 3.05) is 0 Å². The second-order valence-corrected chi connectivity index (χ2v) is 10.8. The minimum Gasteiger partial charge on any atom is -0.481 e. The molecule has 0 aliphatic heterocycles. The molecule has 0 spiro atoms. The molecule has 6 nitrogen and oxygen atoms in total. The zero-order valence-corrected chi connectivity index (χ0v) is 22.6. The van der Waals surface area contributed by atoms with E-state index >= 15 is 0 Å². The lowest BCUT2D eigenvalue weighted by Crippen LogP contribution is -2.04. The highest BCUT2D eigenvalue weighted by atomic mass is 35.5. The van der Waals surface area contributed by atoms with Gasteiger partial charge in [-0.2, -0.15) is 5.10 Å². The van der Waals surface area contributed by atoms with E-state index in [1.54, 1.807) is 11.3 Å². The first kappa shape index (κ1) is 24.3. The molecule has 0 aliphatic carbocycles. The summed E-state index contributed by atoms with van der Waals surface area (Å²) in [4.78, 5) is 21.4. The second kappa shape index (κ2) is 9.35. The van der Waals surface area contributed by atoms with E-state index in [9.17, 15) is 9.90 Å². The molecular weight excluding hydrogens is 516 g/mol. The van der Waals surface area contributed by atoms with Crippen molar-refractivity contribution in [3.8, 4) is 33.0 Å². The molecule has 0 atom stereocenters. The van der Waals surface area contributed by atoms with Gasteiger partial charge >= 0.3 is 5.97 Å². The lowest BCUT2D eigenvalue weighted by Gasteiger charge is -2.13. The quantitative estimate of drug-likeness (QED) is 0.246. The molecule has 1 N–H and O–H groups in total. The van der Waals surface area contributed by atoms with Crippen LogP contribution in [-0.4, -0.2) is 30.8 Å². The molecule has 6 aromatic rings. The van der Waals surface area contributed by atoms with E-state index < -0.39 is 5.97 Å². The molecule has 38 heavy (non-hydrogen) atoms. The summed E-state index contributed by atoms with van der Waals surface area (Å²) in [6, 6.07) is 17.7. The van der Waals surface area contributed by atoms with E-state index in [0.717, 1.165) is 70.8 Å². The summed E-state index contributed by atoms with van der Waals surface area (Å²) in [7, 11) is 1.94. The van der Waals surface area contributed by atoms with Crippen molar-refractivity contribution in [1.29, 1.82) is 0 Å². The maximum atomic E-state index is 11.8. The van der Waals surface area contributed by atoms with Gasteiger partial charge in [0, 0.05) is 40.3 Å². The molecule has 0 bridgehead atoms. The van der Waals surface area contributed by atoms with E-state index in [-0.39, 0.29) is 6.42 Å². The fourth-order valence-corrected chi connectivity index (χ4v) is 6.27. The Kier molecular flexibility index (Phi) is 5.97. The van der Waals surface area contributed by atoms with Gasteiger partial charge in [0.2, 0.25) is 0 Å². The number of carboxylic acid groups (broad SMARTS) is 1. The van der Waals surface area contributed by atoms with Crippen LogP contribution in [0.5, 0.6) is 0 Å². The van der Waals surface area contributed by atoms with E-state index in [1.165, 1.54) is 0 Å². The summed E-state index contributed by atoms with van der Waals surface area (Å²) in [5.74, 6) is -0.868. The van der Waals surface area contributed by atoms with Crippen molar-refractivity contribution in [2.45, 2.75) is 20.3 Å². The van der Waals surface area contributed by atoms with Crippen LogP contribution in [0, 0.1) is 13.8 Å². The molecule has 6 rings (SSSR count). The Bertz CT molecular complexity index is 1870. The van der Waals surface area contributed by atoms with E-state index in [0.29, 0.717) is 5.02 Å². The first-order valence-corrected chi connectivity index (χ1v) is 13.3. The standard InChI is InChI=1S/C30H23ClN4O2S/c1-16-12-25-29(28(22(16)14-27(36)37)18-4-6-20(31)7-5-18)38-30(34-25)19-10-11-32-24(13-19)21-8-9-26-23(17(21)2)15-33-35(26)3/h4-13,15H,14H2,1-3H3,(H,36,37). The van der Waals surface area contributed by atoms with Gasteiger partial charge in [-0.05, 0) is 72.5 Å². The van der Waals surface area contributed by atoms with Gasteiger partial charge in [0.05, 0.1) is 34.0 Å². The van der Waals surface area contributed by atoms with Crippen LogP contribution in [0.1, 0.15) is 16.7 Å². The normalized spacial score (nSPS) is 11.5. The summed E-state index contributed by atoms with van der Waals surface area (Å²) in [5, 5.41) is 16.6. The zero-order valence-electron chi connectivity index (χ0n) is 21.0. The number of nitrogens with zero attached hydrogens (tertiary/aromatic N) is 4. The molecule has 0 aliphatic rings. The van der Waals surface area contributed by atoms with Crippen LogP contribution in [0.3, 0.4) is 0 Å². The Morgan fingerprint density at radius 2 is 1.84 bits per heavy atom. The smallest absolute Gasteiger partial charge is 0.307 e. The molecule has 0 fully saturated rings. The van der Waals surface area contributed by atoms with Crippen LogP contribution in [0.25, 0.3) is 54.1 Å². The molecule has 3 aromatic heterocycles. The third kappa shape index (κ3) is 4.14. The minimum atomic E-state index is -0.868. The van der Waals surface area contributed by atoms with Crippen molar-refractivity contribution < 1.29 is 9.90 Å². The zero-order chi connectivity index (χ0) is 26.6. The topological polar surface area (TPSA) is 80.9 Å². The van der Waals surface area contributed by atoms with Crippen LogP contribution in [0.4, 0.5) is 0 Å². The Hall–Kier alpha value is -4.07. The lowest BCUT2D eigenvalue weighted by molar-refractivity contribution is -0.136. The number of rotatable bonds is 5. The molecule has 188 valence electrons. The summed E-state index contributed by atoms with van der Waals surface area (Å²) >= 11 is 7.71. The van der Waals surface area contributed by atoms with E-state index in [1.807, 2.05) is 67.4 Å². The van der Waals surface area contributed by atoms with Gasteiger partial charge < -0.3 is 5.11 Å². The number of aliphatic carboxylic acids is 1. The third-order valence-corrected chi connectivity index (χ3v) is 8.35. The molecule has 0 amide bonds. The SMILES string of the molecule is Cc1cc2nc(-c3ccnc(-c4ccc5c(cnn5C)c4C)c3)sc2c(-c2ccc(Cl)cc2)c1CC(=O)O. The summed E-state index contributed by atoms with van der Waals surface area (Å²) in [5.41, 5.74) is 9.44. The Morgan fingerprint density at radius 1 is 1.05 bits per heavy atom. The van der Waals surface area contributed by atoms with Crippen LogP contribution in [0.2, 0.25) is 5.02 Å². The number of thiazole rings is 1. The highest BCUT2D eigenvalue weighted by Gasteiger charge is 2.20. The first-order chi connectivity index (χ1) is 18.3. The molecular formula is C30H23ClN4O2S. The highest BCUT2D eigenvalue weighted by Crippen LogP contribution is 2.41. The number of aromatic nitrogens is 4. The molecule has 0 unspecified atom stereocenters. The van der Waals surface area contributed by atoms with Gasteiger partial charge in [-0.3, -0.25) is 14.5 Å². The predicted molar refractivity (Wildman–Crippen MR) is 154 cm³/mol. The Labute approximate surface area is 228 Å². The van der Waals surface area contributed by atoms with Gasteiger partial charge in [-0.1, -0.05) is 29.8 Å². The van der Waals surface area contributed by atoms with Gasteiger partial charge in [0.15, 0.2) is 0 Å². The van der Waals surface area contributed by atoms with Crippen LogP contribution in [-0.2, 0) is 18.3 Å². The Morgan fingerprint density at radius 3 is 2.61 bits per heavy atom. The summed E-state index contributed by atoms with van der Waals surface area (Å²) < 4.78 is 2.83. The van der Waals surface area contributed by atoms with E-state index in [2.05, 4.69) is 35.2 Å². The predicted octanol–water partition coefficient (Wildman–Crippen LogP) is 7.48. The summed E-state index contributed by atoms with van der Waals surface area (Å²) in [6.07, 6.45) is 3.63. The van der Waals surface area contributed by atoms with E-state index in [4.69, 9.17) is 16.6 Å². The number of carboxylic acids is 1. The van der Waals surface area contributed by atoms with Crippen LogP contribution < -0.4 is 0 Å². The average molecular weight is 539 g/mol. The van der Waals surface area contributed by atoms with Gasteiger partial charge in [0.25, 0.3) is 0 Å². The average Bonchev–Trinajstić information content (AvgIpc) is 3.49. The molecule has 0 saturated carbocycles. The Balaban J connectivity index is 1.51. The van der Waals surface area contributed by atoms with Crippen molar-refractivity contribution in [2.24, 2.45) is 7.05 Å². The number of hydrogen-bond acceptors (Lipinski definition) is 5. The summed E-state index contributed by atoms with van der Waals surface area (Å²) in [6.45, 7) is 4.04. The number of aryl methyl sites for hydroxylation is 3. The van der Waals surface area contributed by atoms with Crippen LogP contribution >= 0.6 is 22.9 Å². The number of halogens is 1. The van der Waals surface area contributed by atoms with Crippen molar-refractivity contribution in [1.82, 2.24) is 19.7 Å². The number of carbonyl (C=O) groups is 1. The van der Waals surface area contributed by atoms with Crippen molar-refractivity contribution >= 4 is 50.0 Å². The van der Waals surface area contributed by atoms with Crippen molar-refractivity contribution in [3.05, 3.63) is 88.7 Å². The number of fused-ring (bicyclic) bond motifs is 2. The fourth-order valence-electron chi connectivity index (χ4n) is 5.01. The van der Waals surface area contributed by atoms with Crippen LogP contribution in [0.15, 0.2) is 67.0 Å². The van der Waals surface area contributed by atoms with Crippen molar-refractivity contribution in [3.63, 3.8) is 0 Å². The fraction of sp³-hybridized carbons (Fsp3) is 0.133. The maximum absolute atomic E-state index is 11.8. The third-order valence-electron chi connectivity index (χ3n) is 6.96. The molecule has 8 heteroatoms. The van der Waals surface area contributed by atoms with Gasteiger partial charge in [-0.15, -0.1) is 11.3 Å². The molecule has 3 heterocycles. The first-order valence-electron chi connectivity index (χ1n) is 12.1. The maximum Gasteiger partial charge on any atom is 0.307 e. The second-order valence-electron chi connectivity index (χ2n) is 9.36. The number of benzene rings is 3. The van der Waals surface area contributed by atoms with Gasteiger partial charge in [0.1, 0.15) is 5.01 Å².